The van der Waals surface area contributed by atoms with Gasteiger partial charge in [0.15, 0.2) is 0 Å². The topological polar surface area (TPSA) is 142 Å². The zero-order chi connectivity index (χ0) is 23.1. The van der Waals surface area contributed by atoms with E-state index < -0.39 is 30.1 Å². The van der Waals surface area contributed by atoms with E-state index in [1.807, 2.05) is 31.2 Å². The van der Waals surface area contributed by atoms with Gasteiger partial charge in [-0.1, -0.05) is 52.0 Å². The molecule has 4 unspecified atom stereocenters. The van der Waals surface area contributed by atoms with E-state index in [1.165, 1.54) is 0 Å². The van der Waals surface area contributed by atoms with Crippen molar-refractivity contribution < 1.29 is 19.2 Å². The van der Waals surface area contributed by atoms with Gasteiger partial charge in [-0.15, -0.1) is 0 Å². The molecule has 1 aliphatic rings. The standard InChI is InChI=1S/C22H33N5O4/c1-5-16(26-22(23)31)20(29)25-17(15-8-6-14(7-9-15)12(2)3)11-24-21(30)19-13(4)10-18(28)27-19/h6-9,12-13,16-17,19H,5,10-11H2,1-4H3,(H,24,30)(H,25,29)(H,27,28)(H3,23,26,31). The Morgan fingerprint density at radius 1 is 1.13 bits per heavy atom. The van der Waals surface area contributed by atoms with Gasteiger partial charge in [0.05, 0.1) is 6.04 Å². The van der Waals surface area contributed by atoms with Crippen molar-refractivity contribution in [1.82, 2.24) is 21.3 Å². The molecule has 0 bridgehead atoms. The van der Waals surface area contributed by atoms with Crippen LogP contribution < -0.4 is 27.0 Å². The molecule has 4 atom stereocenters. The lowest BCUT2D eigenvalue weighted by molar-refractivity contribution is -0.126. The predicted octanol–water partition coefficient (Wildman–Crippen LogP) is 1.06. The monoisotopic (exact) mass is 431 g/mol. The molecule has 1 aliphatic heterocycles. The van der Waals surface area contributed by atoms with Crippen LogP contribution in [-0.4, -0.2) is 42.4 Å². The minimum Gasteiger partial charge on any atom is -0.352 e. The Balaban J connectivity index is 2.15. The minimum atomic E-state index is -0.779. The number of hydrogen-bond donors (Lipinski definition) is 5. The largest absolute Gasteiger partial charge is 0.352 e. The fourth-order valence-corrected chi connectivity index (χ4v) is 3.58. The number of amides is 5. The summed E-state index contributed by atoms with van der Waals surface area (Å²) in [7, 11) is 0. The number of nitrogens with one attached hydrogen (secondary N) is 4. The van der Waals surface area contributed by atoms with Crippen LogP contribution in [0, 0.1) is 5.92 Å². The first-order valence-corrected chi connectivity index (χ1v) is 10.7. The van der Waals surface area contributed by atoms with Gasteiger partial charge in [0.2, 0.25) is 17.7 Å². The molecule has 2 rings (SSSR count). The van der Waals surface area contributed by atoms with Crippen molar-refractivity contribution in [3.05, 3.63) is 35.4 Å². The maximum atomic E-state index is 12.7. The van der Waals surface area contributed by atoms with Gasteiger partial charge in [-0.25, -0.2) is 4.79 Å². The normalized spacial score (nSPS) is 20.0. The van der Waals surface area contributed by atoms with Crippen molar-refractivity contribution in [1.29, 1.82) is 0 Å². The zero-order valence-electron chi connectivity index (χ0n) is 18.5. The Bertz CT molecular complexity index is 809. The van der Waals surface area contributed by atoms with Crippen LogP contribution in [0.3, 0.4) is 0 Å². The molecule has 5 amide bonds. The molecule has 170 valence electrons. The maximum absolute atomic E-state index is 12.7. The van der Waals surface area contributed by atoms with Gasteiger partial charge in [0, 0.05) is 13.0 Å². The van der Waals surface area contributed by atoms with Crippen LogP contribution in [0.5, 0.6) is 0 Å². The van der Waals surface area contributed by atoms with Gasteiger partial charge < -0.3 is 27.0 Å². The molecular weight excluding hydrogens is 398 g/mol. The van der Waals surface area contributed by atoms with E-state index in [4.69, 9.17) is 5.73 Å². The molecule has 31 heavy (non-hydrogen) atoms. The summed E-state index contributed by atoms with van der Waals surface area (Å²) in [5.41, 5.74) is 7.13. The van der Waals surface area contributed by atoms with Crippen LogP contribution in [0.2, 0.25) is 0 Å². The Morgan fingerprint density at radius 2 is 1.74 bits per heavy atom. The number of rotatable bonds is 9. The molecule has 1 aromatic carbocycles. The quantitative estimate of drug-likeness (QED) is 0.398. The van der Waals surface area contributed by atoms with Crippen molar-refractivity contribution in [2.24, 2.45) is 11.7 Å². The molecule has 0 radical (unpaired) electrons. The Hall–Kier alpha value is -3.10. The van der Waals surface area contributed by atoms with Crippen LogP contribution in [0.1, 0.15) is 63.6 Å². The maximum Gasteiger partial charge on any atom is 0.312 e. The highest BCUT2D eigenvalue weighted by Crippen LogP contribution is 2.20. The van der Waals surface area contributed by atoms with Crippen molar-refractivity contribution in [3.8, 4) is 0 Å². The molecule has 1 aromatic rings. The molecule has 1 saturated heterocycles. The predicted molar refractivity (Wildman–Crippen MR) is 117 cm³/mol. The van der Waals surface area contributed by atoms with Crippen LogP contribution in [0.4, 0.5) is 4.79 Å². The van der Waals surface area contributed by atoms with E-state index in [0.29, 0.717) is 18.8 Å². The molecule has 9 nitrogen and oxygen atoms in total. The SMILES string of the molecule is CCC(NC(N)=O)C(=O)NC(CNC(=O)C1NC(=O)CC1C)c1ccc(C(C)C)cc1. The number of carbonyl (C=O) groups excluding carboxylic acids is 4. The number of benzene rings is 1. The molecule has 0 saturated carbocycles. The van der Waals surface area contributed by atoms with Gasteiger partial charge in [0.25, 0.3) is 0 Å². The first-order valence-electron chi connectivity index (χ1n) is 10.7. The highest BCUT2D eigenvalue weighted by Gasteiger charge is 2.34. The second kappa shape index (κ2) is 10.8. The van der Waals surface area contributed by atoms with E-state index in [-0.39, 0.29) is 24.3 Å². The summed E-state index contributed by atoms with van der Waals surface area (Å²) in [5.74, 6) is -0.576. The van der Waals surface area contributed by atoms with Gasteiger partial charge in [-0.05, 0) is 29.4 Å². The van der Waals surface area contributed by atoms with Crippen molar-refractivity contribution >= 4 is 23.8 Å². The minimum absolute atomic E-state index is 0.102. The van der Waals surface area contributed by atoms with Crippen LogP contribution in [0.15, 0.2) is 24.3 Å². The fraction of sp³-hybridized carbons (Fsp3) is 0.545. The molecule has 0 aromatic heterocycles. The average molecular weight is 432 g/mol. The first-order chi connectivity index (χ1) is 14.6. The third kappa shape index (κ3) is 6.70. The van der Waals surface area contributed by atoms with Crippen LogP contribution in [0.25, 0.3) is 0 Å². The molecule has 0 spiro atoms. The van der Waals surface area contributed by atoms with Gasteiger partial charge in [-0.2, -0.15) is 0 Å². The highest BCUT2D eigenvalue weighted by atomic mass is 16.2. The lowest BCUT2D eigenvalue weighted by atomic mass is 9.98. The number of urea groups is 1. The van der Waals surface area contributed by atoms with E-state index in [0.717, 1.165) is 11.1 Å². The van der Waals surface area contributed by atoms with E-state index in [9.17, 15) is 19.2 Å². The summed E-state index contributed by atoms with van der Waals surface area (Å²) in [6, 6.07) is 5.13. The number of primary amides is 1. The third-order valence-corrected chi connectivity index (χ3v) is 5.52. The smallest absolute Gasteiger partial charge is 0.312 e. The van der Waals surface area contributed by atoms with Gasteiger partial charge >= 0.3 is 6.03 Å². The number of hydrogen-bond acceptors (Lipinski definition) is 4. The Labute approximate surface area is 182 Å². The molecule has 9 heteroatoms. The van der Waals surface area contributed by atoms with Crippen molar-refractivity contribution in [3.63, 3.8) is 0 Å². The Kier molecular flexibility index (Phi) is 8.41. The fourth-order valence-electron chi connectivity index (χ4n) is 3.58. The van der Waals surface area contributed by atoms with E-state index in [1.54, 1.807) is 6.92 Å². The highest BCUT2D eigenvalue weighted by molar-refractivity contribution is 5.91. The summed E-state index contributed by atoms with van der Waals surface area (Å²) in [6.45, 7) is 7.92. The second-order valence-corrected chi connectivity index (χ2v) is 8.32. The lowest BCUT2D eigenvalue weighted by Crippen LogP contribution is -2.51. The number of nitrogens with two attached hydrogens (primary N) is 1. The first kappa shape index (κ1) is 24.2. The summed E-state index contributed by atoms with van der Waals surface area (Å²) in [5, 5.41) is 10.8. The molecule has 1 heterocycles. The summed E-state index contributed by atoms with van der Waals surface area (Å²) < 4.78 is 0. The number of carbonyl (C=O) groups is 4. The van der Waals surface area contributed by atoms with Gasteiger partial charge in [0.1, 0.15) is 12.1 Å². The van der Waals surface area contributed by atoms with E-state index >= 15 is 0 Å². The molecule has 0 aliphatic carbocycles. The Morgan fingerprint density at radius 3 is 2.23 bits per heavy atom. The second-order valence-electron chi connectivity index (χ2n) is 8.32. The molecule has 1 fully saturated rings. The summed E-state index contributed by atoms with van der Waals surface area (Å²) in [4.78, 5) is 48.1. The molecular formula is C22H33N5O4. The lowest BCUT2D eigenvalue weighted by Gasteiger charge is -2.24. The van der Waals surface area contributed by atoms with Crippen LogP contribution in [-0.2, 0) is 14.4 Å². The third-order valence-electron chi connectivity index (χ3n) is 5.52. The van der Waals surface area contributed by atoms with Crippen molar-refractivity contribution in [2.45, 2.75) is 64.6 Å². The van der Waals surface area contributed by atoms with E-state index in [2.05, 4.69) is 35.1 Å². The zero-order valence-corrected chi connectivity index (χ0v) is 18.5. The van der Waals surface area contributed by atoms with Gasteiger partial charge in [-0.3, -0.25) is 14.4 Å². The summed E-state index contributed by atoms with van der Waals surface area (Å²) in [6.07, 6.45) is 0.678. The average Bonchev–Trinajstić information content (AvgIpc) is 3.06. The summed E-state index contributed by atoms with van der Waals surface area (Å²) >= 11 is 0. The molecule has 6 N–H and O–H groups in total. The van der Waals surface area contributed by atoms with Crippen molar-refractivity contribution in [2.75, 3.05) is 6.54 Å². The van der Waals surface area contributed by atoms with Crippen LogP contribution >= 0.6 is 0 Å².